The van der Waals surface area contributed by atoms with E-state index in [-0.39, 0.29) is 22.4 Å². The van der Waals surface area contributed by atoms with Crippen molar-refractivity contribution in [1.82, 2.24) is 4.98 Å². The van der Waals surface area contributed by atoms with Gasteiger partial charge in [0.05, 0.1) is 5.69 Å². The van der Waals surface area contributed by atoms with Crippen LogP contribution in [-0.2, 0) is 0 Å². The molecule has 0 atom stereocenters. The van der Waals surface area contributed by atoms with Gasteiger partial charge in [0.2, 0.25) is 5.82 Å². The Hall–Kier alpha value is -1.88. The van der Waals surface area contributed by atoms with E-state index in [0.29, 0.717) is 0 Å². The first kappa shape index (κ1) is 12.6. The number of aromatic nitrogens is 1. The lowest BCUT2D eigenvalue weighted by Gasteiger charge is -2.06. The van der Waals surface area contributed by atoms with E-state index < -0.39 is 11.4 Å². The Bertz CT molecular complexity index is 655. The van der Waals surface area contributed by atoms with Gasteiger partial charge in [-0.3, -0.25) is 0 Å². The van der Waals surface area contributed by atoms with Gasteiger partial charge in [0, 0.05) is 0 Å². The molecule has 0 aliphatic rings. The van der Waals surface area contributed by atoms with E-state index in [4.69, 9.17) is 16.0 Å². The summed E-state index contributed by atoms with van der Waals surface area (Å²) in [5, 5.41) is 2.62. The summed E-state index contributed by atoms with van der Waals surface area (Å²) in [5.41, 5.74) is 0.220. The molecule has 0 saturated heterocycles. The van der Waals surface area contributed by atoms with E-state index in [2.05, 4.69) is 10.3 Å². The van der Waals surface area contributed by atoms with Crippen LogP contribution >= 0.6 is 11.6 Å². The Morgan fingerprint density at radius 3 is 2.78 bits per heavy atom. The number of benzene rings is 1. The number of anilines is 2. The van der Waals surface area contributed by atoms with Gasteiger partial charge in [-0.15, -0.1) is 0 Å². The monoisotopic (exact) mass is 268 g/mol. The Morgan fingerprint density at radius 1 is 1.39 bits per heavy atom. The Kier molecular flexibility index (Phi) is 3.34. The van der Waals surface area contributed by atoms with Crippen molar-refractivity contribution in [3.8, 4) is 0 Å². The van der Waals surface area contributed by atoms with Crippen LogP contribution in [0.3, 0.4) is 0 Å². The van der Waals surface area contributed by atoms with Gasteiger partial charge in [-0.1, -0.05) is 17.7 Å². The molecule has 0 aliphatic carbocycles. The molecule has 0 fully saturated rings. The summed E-state index contributed by atoms with van der Waals surface area (Å²) in [5.74, 6) is -0.405. The molecule has 4 nitrogen and oxygen atoms in total. The molecule has 0 radical (unpaired) electrons. The number of nitrogens with zero attached hydrogens (tertiary/aromatic N) is 1. The number of rotatable bonds is 2. The van der Waals surface area contributed by atoms with Crippen LogP contribution in [0.15, 0.2) is 27.4 Å². The zero-order valence-electron chi connectivity index (χ0n) is 9.75. The van der Waals surface area contributed by atoms with E-state index in [0.717, 1.165) is 5.56 Å². The molecule has 0 spiro atoms. The minimum absolute atomic E-state index is 0.0598. The summed E-state index contributed by atoms with van der Waals surface area (Å²) >= 11 is 5.74. The normalized spacial score (nSPS) is 10.4. The Morgan fingerprint density at radius 2 is 2.11 bits per heavy atom. The third-order valence-corrected chi connectivity index (χ3v) is 2.67. The first-order valence-corrected chi connectivity index (χ1v) is 5.55. The smallest absolute Gasteiger partial charge is 0.379 e. The molecule has 2 aromatic rings. The van der Waals surface area contributed by atoms with Gasteiger partial charge in [-0.05, 0) is 31.5 Å². The topological polar surface area (TPSA) is 55.1 Å². The van der Waals surface area contributed by atoms with Gasteiger partial charge in [-0.25, -0.2) is 14.2 Å². The maximum absolute atomic E-state index is 13.6. The summed E-state index contributed by atoms with van der Waals surface area (Å²) in [7, 11) is 0. The van der Waals surface area contributed by atoms with Gasteiger partial charge < -0.3 is 9.73 Å². The molecule has 0 bridgehead atoms. The maximum Gasteiger partial charge on any atom is 0.379 e. The van der Waals surface area contributed by atoms with Gasteiger partial charge in [-0.2, -0.15) is 0 Å². The molecule has 0 aliphatic heterocycles. The molecule has 2 rings (SSSR count). The fourth-order valence-corrected chi connectivity index (χ4v) is 1.50. The van der Waals surface area contributed by atoms with Crippen molar-refractivity contribution >= 4 is 23.1 Å². The van der Waals surface area contributed by atoms with E-state index in [1.54, 1.807) is 13.0 Å². The van der Waals surface area contributed by atoms with Crippen molar-refractivity contribution in [3.63, 3.8) is 0 Å². The highest BCUT2D eigenvalue weighted by Gasteiger charge is 2.10. The molecule has 0 amide bonds. The first-order valence-electron chi connectivity index (χ1n) is 5.18. The Balaban J connectivity index is 2.40. The predicted molar refractivity (Wildman–Crippen MR) is 66.9 cm³/mol. The molecule has 1 aromatic carbocycles. The molecule has 94 valence electrons. The van der Waals surface area contributed by atoms with Crippen LogP contribution in [0.1, 0.15) is 11.3 Å². The fraction of sp³-hybridized carbons (Fsp3) is 0.167. The summed E-state index contributed by atoms with van der Waals surface area (Å²) in [6.45, 7) is 3.29. The summed E-state index contributed by atoms with van der Waals surface area (Å²) in [4.78, 5) is 15.3. The second-order valence-corrected chi connectivity index (χ2v) is 4.16. The molecular weight excluding hydrogens is 259 g/mol. The quantitative estimate of drug-likeness (QED) is 0.909. The second-order valence-electron chi connectivity index (χ2n) is 3.81. The zero-order chi connectivity index (χ0) is 13.3. The highest BCUT2D eigenvalue weighted by Crippen LogP contribution is 2.19. The minimum Gasteiger partial charge on any atom is -0.422 e. The van der Waals surface area contributed by atoms with Crippen LogP contribution in [0.2, 0.25) is 5.15 Å². The molecule has 1 N–H and O–H groups in total. The van der Waals surface area contributed by atoms with Crippen LogP contribution in [0.5, 0.6) is 0 Å². The van der Waals surface area contributed by atoms with Gasteiger partial charge in [0.25, 0.3) is 0 Å². The first-order chi connectivity index (χ1) is 8.47. The van der Waals surface area contributed by atoms with Crippen molar-refractivity contribution in [3.05, 3.63) is 50.9 Å². The van der Waals surface area contributed by atoms with Gasteiger partial charge in [0.1, 0.15) is 11.6 Å². The highest BCUT2D eigenvalue weighted by molar-refractivity contribution is 6.30. The number of hydrogen-bond acceptors (Lipinski definition) is 4. The fourth-order valence-electron chi connectivity index (χ4n) is 1.38. The van der Waals surface area contributed by atoms with Crippen molar-refractivity contribution in [1.29, 1.82) is 0 Å². The summed E-state index contributed by atoms with van der Waals surface area (Å²) in [6.07, 6.45) is 0. The predicted octanol–water partition coefficient (Wildman–Crippen LogP) is 3.19. The number of nitrogens with one attached hydrogen (secondary N) is 1. The van der Waals surface area contributed by atoms with Crippen LogP contribution in [-0.4, -0.2) is 4.98 Å². The van der Waals surface area contributed by atoms with Crippen LogP contribution in [0.4, 0.5) is 15.9 Å². The van der Waals surface area contributed by atoms with Crippen LogP contribution in [0, 0.1) is 19.7 Å². The number of hydrogen-bond donors (Lipinski definition) is 1. The van der Waals surface area contributed by atoms with E-state index in [9.17, 15) is 9.18 Å². The average molecular weight is 269 g/mol. The van der Waals surface area contributed by atoms with Gasteiger partial charge >= 0.3 is 5.63 Å². The molecule has 0 unspecified atom stereocenters. The molecule has 1 aromatic heterocycles. The van der Waals surface area contributed by atoms with Crippen LogP contribution in [0.25, 0.3) is 0 Å². The molecule has 1 heterocycles. The SMILES string of the molecule is Cc1ccc(Nc2nc(Cl)c(C)oc2=O)c(F)c1. The minimum atomic E-state index is -0.697. The second kappa shape index (κ2) is 4.78. The number of aryl methyl sites for hydroxylation is 2. The number of halogens is 2. The van der Waals surface area contributed by atoms with Crippen molar-refractivity contribution < 1.29 is 8.81 Å². The summed E-state index contributed by atoms with van der Waals surface area (Å²) < 4.78 is 18.4. The van der Waals surface area contributed by atoms with E-state index in [1.807, 2.05) is 0 Å². The third kappa shape index (κ3) is 2.51. The standard InChI is InChI=1S/C12H10ClFN2O2/c1-6-3-4-9(8(14)5-6)15-11-12(17)18-7(2)10(13)16-11/h3-5H,1-2H3,(H,15,16). The van der Waals surface area contributed by atoms with E-state index >= 15 is 0 Å². The average Bonchev–Trinajstić information content (AvgIpc) is 2.29. The van der Waals surface area contributed by atoms with Crippen LogP contribution < -0.4 is 10.9 Å². The molecule has 18 heavy (non-hydrogen) atoms. The lowest BCUT2D eigenvalue weighted by atomic mass is 10.2. The maximum atomic E-state index is 13.6. The van der Waals surface area contributed by atoms with Crippen molar-refractivity contribution in [2.24, 2.45) is 0 Å². The largest absolute Gasteiger partial charge is 0.422 e. The lowest BCUT2D eigenvalue weighted by molar-refractivity contribution is 0.476. The van der Waals surface area contributed by atoms with E-state index in [1.165, 1.54) is 19.1 Å². The molecular formula is C12H10ClFN2O2. The molecule has 6 heteroatoms. The zero-order valence-corrected chi connectivity index (χ0v) is 10.5. The van der Waals surface area contributed by atoms with Gasteiger partial charge in [0.15, 0.2) is 5.15 Å². The molecule has 0 saturated carbocycles. The van der Waals surface area contributed by atoms with Crippen molar-refractivity contribution in [2.75, 3.05) is 5.32 Å². The third-order valence-electron chi connectivity index (χ3n) is 2.32. The lowest BCUT2D eigenvalue weighted by Crippen LogP contribution is -2.11. The Labute approximate surface area is 107 Å². The summed E-state index contributed by atoms with van der Waals surface area (Å²) in [6, 6.07) is 4.57. The highest BCUT2D eigenvalue weighted by atomic mass is 35.5. The van der Waals surface area contributed by atoms with Crippen molar-refractivity contribution in [2.45, 2.75) is 13.8 Å².